The third kappa shape index (κ3) is 8.06. The van der Waals surface area contributed by atoms with Crippen LogP contribution in [0.4, 0.5) is 0 Å². The standard InChI is InChI=1S/C11H24O/c1-6-7-8-10(2)12-9-11(3,4)5/h10H,6-9H2,1-5H3. The molecule has 0 rings (SSSR count). The lowest BCUT2D eigenvalue weighted by molar-refractivity contribution is 0.0135. The Labute approximate surface area is 77.5 Å². The molecule has 0 bridgehead atoms. The highest BCUT2D eigenvalue weighted by Gasteiger charge is 2.12. The minimum atomic E-state index is 0.306. The highest BCUT2D eigenvalue weighted by Crippen LogP contribution is 2.15. The molecule has 74 valence electrons. The van der Waals surface area contributed by atoms with Crippen LogP contribution in [0.2, 0.25) is 0 Å². The fourth-order valence-corrected chi connectivity index (χ4v) is 0.967. The van der Waals surface area contributed by atoms with Gasteiger partial charge in [0.15, 0.2) is 0 Å². The molecule has 0 aliphatic rings. The lowest BCUT2D eigenvalue weighted by Gasteiger charge is -2.21. The molecule has 0 aliphatic carbocycles. The summed E-state index contributed by atoms with van der Waals surface area (Å²) in [6.07, 6.45) is 4.19. The van der Waals surface area contributed by atoms with E-state index in [4.69, 9.17) is 4.74 Å². The Morgan fingerprint density at radius 3 is 2.25 bits per heavy atom. The van der Waals surface area contributed by atoms with Crippen molar-refractivity contribution >= 4 is 0 Å². The summed E-state index contributed by atoms with van der Waals surface area (Å²) < 4.78 is 5.71. The van der Waals surface area contributed by atoms with Crippen LogP contribution in [0.3, 0.4) is 0 Å². The molecular weight excluding hydrogens is 148 g/mol. The summed E-state index contributed by atoms with van der Waals surface area (Å²) >= 11 is 0. The summed E-state index contributed by atoms with van der Waals surface area (Å²) in [5, 5.41) is 0. The van der Waals surface area contributed by atoms with Gasteiger partial charge in [0.25, 0.3) is 0 Å². The molecule has 0 aromatic rings. The van der Waals surface area contributed by atoms with Crippen molar-refractivity contribution in [3.05, 3.63) is 0 Å². The molecule has 0 spiro atoms. The predicted octanol–water partition coefficient (Wildman–Crippen LogP) is 3.63. The average Bonchev–Trinajstić information content (AvgIpc) is 1.95. The Kier molecular flexibility index (Phi) is 5.56. The fraction of sp³-hybridized carbons (Fsp3) is 1.00. The highest BCUT2D eigenvalue weighted by molar-refractivity contribution is 4.61. The number of ether oxygens (including phenoxy) is 1. The second kappa shape index (κ2) is 5.58. The largest absolute Gasteiger partial charge is 0.378 e. The van der Waals surface area contributed by atoms with Gasteiger partial charge in [-0.2, -0.15) is 0 Å². The van der Waals surface area contributed by atoms with Crippen molar-refractivity contribution in [1.82, 2.24) is 0 Å². The maximum absolute atomic E-state index is 5.71. The monoisotopic (exact) mass is 172 g/mol. The van der Waals surface area contributed by atoms with E-state index < -0.39 is 0 Å². The van der Waals surface area contributed by atoms with Crippen LogP contribution in [0.5, 0.6) is 0 Å². The molecule has 0 radical (unpaired) electrons. The van der Waals surface area contributed by atoms with E-state index in [1.54, 1.807) is 0 Å². The van der Waals surface area contributed by atoms with Gasteiger partial charge >= 0.3 is 0 Å². The van der Waals surface area contributed by atoms with E-state index in [1.807, 2.05) is 0 Å². The van der Waals surface area contributed by atoms with Gasteiger partial charge in [-0.25, -0.2) is 0 Å². The SMILES string of the molecule is CCCCC(C)OCC(C)(C)C. The Balaban J connectivity index is 3.37. The van der Waals surface area contributed by atoms with Gasteiger partial charge in [0.2, 0.25) is 0 Å². The molecule has 1 heteroatoms. The topological polar surface area (TPSA) is 9.23 Å². The third-order valence-corrected chi connectivity index (χ3v) is 1.77. The van der Waals surface area contributed by atoms with Gasteiger partial charge in [-0.15, -0.1) is 0 Å². The van der Waals surface area contributed by atoms with Crippen molar-refractivity contribution in [3.63, 3.8) is 0 Å². The van der Waals surface area contributed by atoms with Crippen molar-refractivity contribution in [2.75, 3.05) is 6.61 Å². The van der Waals surface area contributed by atoms with Crippen LogP contribution in [-0.4, -0.2) is 12.7 Å². The zero-order chi connectivity index (χ0) is 9.61. The molecule has 0 aliphatic heterocycles. The van der Waals surface area contributed by atoms with Gasteiger partial charge in [-0.3, -0.25) is 0 Å². The Morgan fingerprint density at radius 1 is 1.25 bits per heavy atom. The lowest BCUT2D eigenvalue weighted by atomic mass is 9.98. The van der Waals surface area contributed by atoms with Crippen LogP contribution in [0.15, 0.2) is 0 Å². The maximum Gasteiger partial charge on any atom is 0.0547 e. The summed E-state index contributed by atoms with van der Waals surface area (Å²) in [7, 11) is 0. The summed E-state index contributed by atoms with van der Waals surface area (Å²) in [6.45, 7) is 11.9. The van der Waals surface area contributed by atoms with Crippen molar-refractivity contribution < 1.29 is 4.74 Å². The number of unbranched alkanes of at least 4 members (excludes halogenated alkanes) is 1. The molecular formula is C11H24O. The van der Waals surface area contributed by atoms with E-state index in [9.17, 15) is 0 Å². The van der Waals surface area contributed by atoms with Crippen LogP contribution >= 0.6 is 0 Å². The quantitative estimate of drug-likeness (QED) is 0.615. The minimum absolute atomic E-state index is 0.306. The number of hydrogen-bond donors (Lipinski definition) is 0. The molecule has 0 amide bonds. The normalized spacial score (nSPS) is 14.8. The van der Waals surface area contributed by atoms with Gasteiger partial charge in [-0.1, -0.05) is 40.5 Å². The lowest BCUT2D eigenvalue weighted by Crippen LogP contribution is -2.19. The van der Waals surface area contributed by atoms with Crippen molar-refractivity contribution in [1.29, 1.82) is 0 Å². The fourth-order valence-electron chi connectivity index (χ4n) is 0.967. The first-order valence-corrected chi connectivity index (χ1v) is 5.07. The van der Waals surface area contributed by atoms with E-state index in [2.05, 4.69) is 34.6 Å². The highest BCUT2D eigenvalue weighted by atomic mass is 16.5. The molecule has 1 unspecified atom stereocenters. The van der Waals surface area contributed by atoms with Crippen LogP contribution in [0, 0.1) is 5.41 Å². The van der Waals surface area contributed by atoms with E-state index in [1.165, 1.54) is 19.3 Å². The van der Waals surface area contributed by atoms with Crippen molar-refractivity contribution in [3.8, 4) is 0 Å². The summed E-state index contributed by atoms with van der Waals surface area (Å²) in [6, 6.07) is 0. The molecule has 0 aromatic heterocycles. The molecule has 12 heavy (non-hydrogen) atoms. The van der Waals surface area contributed by atoms with Gasteiger partial charge in [-0.05, 0) is 18.8 Å². The Bertz CT molecular complexity index is 102. The first kappa shape index (κ1) is 12.0. The van der Waals surface area contributed by atoms with Crippen molar-refractivity contribution in [2.24, 2.45) is 5.41 Å². The summed E-state index contributed by atoms with van der Waals surface area (Å²) in [4.78, 5) is 0. The molecule has 0 saturated carbocycles. The zero-order valence-electron chi connectivity index (χ0n) is 9.31. The molecule has 0 heterocycles. The molecule has 0 saturated heterocycles. The molecule has 0 N–H and O–H groups in total. The Hall–Kier alpha value is -0.0400. The molecule has 0 fully saturated rings. The average molecular weight is 172 g/mol. The van der Waals surface area contributed by atoms with E-state index in [-0.39, 0.29) is 0 Å². The number of hydrogen-bond acceptors (Lipinski definition) is 1. The van der Waals surface area contributed by atoms with Crippen LogP contribution in [0.1, 0.15) is 53.9 Å². The van der Waals surface area contributed by atoms with Crippen LogP contribution in [0.25, 0.3) is 0 Å². The zero-order valence-corrected chi connectivity index (χ0v) is 9.31. The van der Waals surface area contributed by atoms with Crippen LogP contribution < -0.4 is 0 Å². The van der Waals surface area contributed by atoms with E-state index >= 15 is 0 Å². The van der Waals surface area contributed by atoms with E-state index in [0.717, 1.165) is 6.61 Å². The minimum Gasteiger partial charge on any atom is -0.378 e. The summed E-state index contributed by atoms with van der Waals surface area (Å²) in [5.74, 6) is 0. The van der Waals surface area contributed by atoms with Crippen LogP contribution in [-0.2, 0) is 4.74 Å². The first-order valence-electron chi connectivity index (χ1n) is 5.07. The Morgan fingerprint density at radius 2 is 1.83 bits per heavy atom. The van der Waals surface area contributed by atoms with Gasteiger partial charge < -0.3 is 4.74 Å². The van der Waals surface area contributed by atoms with E-state index in [0.29, 0.717) is 11.5 Å². The maximum atomic E-state index is 5.71. The van der Waals surface area contributed by atoms with Gasteiger partial charge in [0.05, 0.1) is 12.7 Å². The number of rotatable bonds is 5. The molecule has 1 nitrogen and oxygen atoms in total. The predicted molar refractivity (Wildman–Crippen MR) is 54.4 cm³/mol. The van der Waals surface area contributed by atoms with Gasteiger partial charge in [0, 0.05) is 0 Å². The second-order valence-electron chi connectivity index (χ2n) is 4.82. The molecule has 1 atom stereocenters. The van der Waals surface area contributed by atoms with Gasteiger partial charge in [0.1, 0.15) is 0 Å². The summed E-state index contributed by atoms with van der Waals surface area (Å²) in [5.41, 5.74) is 0.306. The van der Waals surface area contributed by atoms with Crippen molar-refractivity contribution in [2.45, 2.75) is 60.0 Å². The first-order chi connectivity index (χ1) is 5.45. The smallest absolute Gasteiger partial charge is 0.0547 e. The second-order valence-corrected chi connectivity index (χ2v) is 4.82. The third-order valence-electron chi connectivity index (χ3n) is 1.77. The molecule has 0 aromatic carbocycles.